The van der Waals surface area contributed by atoms with Crippen LogP contribution in [-0.4, -0.2) is 39.4 Å². The molecule has 2 aromatic rings. The third kappa shape index (κ3) is 3.58. The molecule has 2 atom stereocenters. The zero-order valence-electron chi connectivity index (χ0n) is 14.5. The van der Waals surface area contributed by atoms with Crippen molar-refractivity contribution < 1.29 is 9.53 Å². The number of hydrogen-bond donors (Lipinski definition) is 1. The Morgan fingerprint density at radius 2 is 2.24 bits per heavy atom. The number of aromatic nitrogens is 3. The lowest BCUT2D eigenvalue weighted by Crippen LogP contribution is -2.47. The molecule has 0 bridgehead atoms. The number of carbonyl (C=O) groups excluding carboxylic acids is 1. The third-order valence-electron chi connectivity index (χ3n) is 5.05. The van der Waals surface area contributed by atoms with Crippen molar-refractivity contribution in [3.63, 3.8) is 0 Å². The summed E-state index contributed by atoms with van der Waals surface area (Å²) in [6, 6.07) is 3.89. The van der Waals surface area contributed by atoms with Crippen LogP contribution in [0.4, 0.5) is 0 Å². The van der Waals surface area contributed by atoms with Crippen molar-refractivity contribution in [2.45, 2.75) is 44.2 Å². The summed E-state index contributed by atoms with van der Waals surface area (Å²) in [6.45, 7) is 0.803. The second kappa shape index (κ2) is 6.96. The van der Waals surface area contributed by atoms with Gasteiger partial charge in [0, 0.05) is 37.8 Å². The molecule has 2 aliphatic rings. The highest BCUT2D eigenvalue weighted by atomic mass is 16.5. The molecule has 1 saturated carbocycles. The van der Waals surface area contributed by atoms with Gasteiger partial charge in [-0.2, -0.15) is 5.10 Å². The second-order valence-corrected chi connectivity index (χ2v) is 7.05. The molecule has 1 aliphatic heterocycles. The van der Waals surface area contributed by atoms with E-state index in [9.17, 15) is 4.79 Å². The minimum absolute atomic E-state index is 0.0713. The van der Waals surface area contributed by atoms with Gasteiger partial charge >= 0.3 is 0 Å². The van der Waals surface area contributed by atoms with Crippen LogP contribution in [0.1, 0.15) is 42.5 Å². The summed E-state index contributed by atoms with van der Waals surface area (Å²) in [4.78, 5) is 17.1. The van der Waals surface area contributed by atoms with Crippen molar-refractivity contribution in [2.24, 2.45) is 13.0 Å². The van der Waals surface area contributed by atoms with E-state index in [1.165, 1.54) is 19.3 Å². The lowest BCUT2D eigenvalue weighted by molar-refractivity contribution is -0.0114. The molecule has 25 heavy (non-hydrogen) atoms. The molecule has 1 N–H and O–H groups in total. The Labute approximate surface area is 147 Å². The first kappa shape index (κ1) is 16.3. The number of nitrogens with zero attached hydrogens (tertiary/aromatic N) is 3. The SMILES string of the molecule is Cn1cc(C(=O)NC(C2CC2)C2CCCCO2)c(-c2cccnc2)n1. The van der Waals surface area contributed by atoms with Crippen LogP contribution < -0.4 is 5.32 Å². The van der Waals surface area contributed by atoms with Crippen LogP contribution in [0, 0.1) is 5.92 Å². The summed E-state index contributed by atoms with van der Waals surface area (Å²) >= 11 is 0. The van der Waals surface area contributed by atoms with Crippen molar-refractivity contribution in [2.75, 3.05) is 6.61 Å². The van der Waals surface area contributed by atoms with Gasteiger partial charge < -0.3 is 10.1 Å². The zero-order chi connectivity index (χ0) is 17.2. The number of aryl methyl sites for hydroxylation is 1. The van der Waals surface area contributed by atoms with E-state index in [4.69, 9.17) is 4.74 Å². The van der Waals surface area contributed by atoms with E-state index >= 15 is 0 Å². The number of carbonyl (C=O) groups is 1. The molecule has 6 heteroatoms. The Morgan fingerprint density at radius 1 is 1.36 bits per heavy atom. The van der Waals surface area contributed by atoms with Gasteiger partial charge in [-0.1, -0.05) is 0 Å². The van der Waals surface area contributed by atoms with Gasteiger partial charge in [0.05, 0.1) is 17.7 Å². The lowest BCUT2D eigenvalue weighted by atomic mass is 9.98. The van der Waals surface area contributed by atoms with E-state index in [0.717, 1.165) is 25.0 Å². The topological polar surface area (TPSA) is 69.0 Å². The second-order valence-electron chi connectivity index (χ2n) is 7.05. The van der Waals surface area contributed by atoms with Crippen molar-refractivity contribution in [1.29, 1.82) is 0 Å². The molecule has 2 aromatic heterocycles. The Balaban J connectivity index is 1.56. The fourth-order valence-electron chi connectivity index (χ4n) is 3.62. The number of rotatable bonds is 5. The Bertz CT molecular complexity index is 733. The summed E-state index contributed by atoms with van der Waals surface area (Å²) in [7, 11) is 1.83. The fourth-order valence-corrected chi connectivity index (χ4v) is 3.62. The fraction of sp³-hybridized carbons (Fsp3) is 0.526. The van der Waals surface area contributed by atoms with E-state index < -0.39 is 0 Å². The molecule has 1 amide bonds. The van der Waals surface area contributed by atoms with Gasteiger partial charge in [0.1, 0.15) is 5.69 Å². The first-order valence-electron chi connectivity index (χ1n) is 9.09. The van der Waals surface area contributed by atoms with Crippen LogP contribution >= 0.6 is 0 Å². The van der Waals surface area contributed by atoms with E-state index in [2.05, 4.69) is 15.4 Å². The van der Waals surface area contributed by atoms with Gasteiger partial charge in [0.2, 0.25) is 0 Å². The van der Waals surface area contributed by atoms with Crippen LogP contribution in [0.3, 0.4) is 0 Å². The summed E-state index contributed by atoms with van der Waals surface area (Å²) in [6.07, 6.45) is 11.1. The molecule has 132 valence electrons. The molecule has 3 heterocycles. The molecule has 1 aliphatic carbocycles. The predicted octanol–water partition coefficient (Wildman–Crippen LogP) is 2.56. The van der Waals surface area contributed by atoms with Gasteiger partial charge in [-0.05, 0) is 50.2 Å². The Hall–Kier alpha value is -2.21. The van der Waals surface area contributed by atoms with E-state index in [1.54, 1.807) is 23.3 Å². The average molecular weight is 340 g/mol. The van der Waals surface area contributed by atoms with Crippen LogP contribution in [0.2, 0.25) is 0 Å². The van der Waals surface area contributed by atoms with Crippen molar-refractivity contribution in [3.8, 4) is 11.3 Å². The molecule has 0 spiro atoms. The van der Waals surface area contributed by atoms with Crippen molar-refractivity contribution >= 4 is 5.91 Å². The number of hydrogen-bond acceptors (Lipinski definition) is 4. The summed E-state index contributed by atoms with van der Waals surface area (Å²) < 4.78 is 7.63. The summed E-state index contributed by atoms with van der Waals surface area (Å²) in [5.74, 6) is 0.476. The number of pyridine rings is 1. The van der Waals surface area contributed by atoms with E-state index in [0.29, 0.717) is 17.2 Å². The van der Waals surface area contributed by atoms with Crippen LogP contribution in [0.15, 0.2) is 30.7 Å². The van der Waals surface area contributed by atoms with Gasteiger partial charge in [-0.3, -0.25) is 14.5 Å². The maximum atomic E-state index is 13.0. The standard InChI is InChI=1S/C19H24N4O2/c1-23-12-15(17(22-23)14-5-4-9-20-11-14)19(24)21-18(13-7-8-13)16-6-2-3-10-25-16/h4-5,9,11-13,16,18H,2-3,6-8,10H2,1H3,(H,21,24). The zero-order valence-corrected chi connectivity index (χ0v) is 14.5. The van der Waals surface area contributed by atoms with Crippen molar-refractivity contribution in [3.05, 3.63) is 36.3 Å². The number of ether oxygens (including phenoxy) is 1. The smallest absolute Gasteiger partial charge is 0.255 e. The predicted molar refractivity (Wildman–Crippen MR) is 94.0 cm³/mol. The first-order chi connectivity index (χ1) is 12.2. The van der Waals surface area contributed by atoms with E-state index in [-0.39, 0.29) is 18.1 Å². The summed E-state index contributed by atoms with van der Waals surface area (Å²) in [5, 5.41) is 7.72. The van der Waals surface area contributed by atoms with Crippen LogP contribution in [0.5, 0.6) is 0 Å². The lowest BCUT2D eigenvalue weighted by Gasteiger charge is -2.31. The monoisotopic (exact) mass is 340 g/mol. The Morgan fingerprint density at radius 3 is 2.92 bits per heavy atom. The molecular formula is C19H24N4O2. The number of nitrogens with one attached hydrogen (secondary N) is 1. The molecule has 0 radical (unpaired) electrons. The van der Waals surface area contributed by atoms with Gasteiger partial charge in [0.15, 0.2) is 0 Å². The largest absolute Gasteiger partial charge is 0.376 e. The highest BCUT2D eigenvalue weighted by Gasteiger charge is 2.39. The minimum atomic E-state index is -0.0713. The molecule has 2 fully saturated rings. The maximum Gasteiger partial charge on any atom is 0.255 e. The normalized spacial score (nSPS) is 21.7. The molecule has 1 saturated heterocycles. The Kier molecular flexibility index (Phi) is 4.53. The first-order valence-corrected chi connectivity index (χ1v) is 9.09. The third-order valence-corrected chi connectivity index (χ3v) is 5.05. The van der Waals surface area contributed by atoms with Crippen LogP contribution in [-0.2, 0) is 11.8 Å². The van der Waals surface area contributed by atoms with Crippen LogP contribution in [0.25, 0.3) is 11.3 Å². The number of amides is 1. The van der Waals surface area contributed by atoms with Gasteiger partial charge in [0.25, 0.3) is 5.91 Å². The summed E-state index contributed by atoms with van der Waals surface area (Å²) in [5.41, 5.74) is 2.12. The molecule has 4 rings (SSSR count). The molecular weight excluding hydrogens is 316 g/mol. The molecule has 6 nitrogen and oxygen atoms in total. The van der Waals surface area contributed by atoms with Gasteiger partial charge in [-0.25, -0.2) is 0 Å². The molecule has 2 unspecified atom stereocenters. The van der Waals surface area contributed by atoms with Crippen molar-refractivity contribution in [1.82, 2.24) is 20.1 Å². The quantitative estimate of drug-likeness (QED) is 0.908. The highest BCUT2D eigenvalue weighted by molar-refractivity contribution is 6.00. The highest BCUT2D eigenvalue weighted by Crippen LogP contribution is 2.37. The maximum absolute atomic E-state index is 13.0. The average Bonchev–Trinajstić information content (AvgIpc) is 3.42. The van der Waals surface area contributed by atoms with Gasteiger partial charge in [-0.15, -0.1) is 0 Å². The van der Waals surface area contributed by atoms with E-state index in [1.807, 2.05) is 19.2 Å². The molecule has 0 aromatic carbocycles. The minimum Gasteiger partial charge on any atom is -0.376 e.